The van der Waals surface area contributed by atoms with Crippen LogP contribution in [0.5, 0.6) is 0 Å². The van der Waals surface area contributed by atoms with Gasteiger partial charge in [-0.05, 0) is 23.3 Å². The number of benzene rings is 2. The molecule has 0 saturated carbocycles. The fraction of sp³-hybridized carbons (Fsp3) is 0.462. The second kappa shape index (κ2) is 15.1. The number of hydrogen-bond donors (Lipinski definition) is 0. The van der Waals surface area contributed by atoms with E-state index in [1.807, 2.05) is 59.3 Å². The predicted molar refractivity (Wildman–Crippen MR) is 158 cm³/mol. The smallest absolute Gasteiger partial charge is 0.171 e. The minimum absolute atomic E-state index is 0. The van der Waals surface area contributed by atoms with Crippen LogP contribution in [0.25, 0.3) is 0 Å². The Balaban J connectivity index is 0.000000300. The Labute approximate surface area is 258 Å². The van der Waals surface area contributed by atoms with Crippen molar-refractivity contribution in [3.63, 3.8) is 0 Å². The standard InChI is InChI=1S/C13H17NO6S2.C12H15NO6S2.CH4/c15-21(16,17)10-13(22(18,19)20)6-8-14-7-5-11-3-1-2-4-12(11)9-14;14-20(15,16)9-12(21(17,18)19)8-13-6-5-10-3-1-2-4-11(10)7-13;/h1-4,9,13H,5-8,10H2,(H-,15,16,17,18,19,20);1-4,7,12H,5-6,8-9H2,(H-,14,15,16,17,18,19);1H4/p-2. The van der Waals surface area contributed by atoms with Crippen molar-refractivity contribution in [3.05, 3.63) is 70.8 Å². The summed E-state index contributed by atoms with van der Waals surface area (Å²) in [7, 11) is -19.2. The fourth-order valence-corrected chi connectivity index (χ4v) is 9.00. The lowest BCUT2D eigenvalue weighted by Gasteiger charge is -2.22. The highest BCUT2D eigenvalue weighted by atomic mass is 32.2. The second-order valence-electron chi connectivity index (χ2n) is 10.2. The van der Waals surface area contributed by atoms with E-state index in [1.54, 1.807) is 10.8 Å². The fourth-order valence-electron chi connectivity index (χ4n) is 4.71. The van der Waals surface area contributed by atoms with Gasteiger partial charge in [0.15, 0.2) is 19.0 Å². The van der Waals surface area contributed by atoms with E-state index in [1.165, 1.54) is 5.56 Å². The van der Waals surface area contributed by atoms with Gasteiger partial charge in [0.05, 0.1) is 47.1 Å². The summed E-state index contributed by atoms with van der Waals surface area (Å²) >= 11 is 0. The molecule has 0 fully saturated rings. The van der Waals surface area contributed by atoms with Gasteiger partial charge < -0.3 is 18.2 Å². The molecule has 0 bridgehead atoms. The van der Waals surface area contributed by atoms with E-state index < -0.39 is 62.5 Å². The van der Waals surface area contributed by atoms with E-state index in [4.69, 9.17) is 0 Å². The van der Waals surface area contributed by atoms with Crippen molar-refractivity contribution < 1.29 is 61.0 Å². The summed E-state index contributed by atoms with van der Waals surface area (Å²) in [6.45, 7) is 1.01. The summed E-state index contributed by atoms with van der Waals surface area (Å²) in [5.74, 6) is -2.38. The van der Waals surface area contributed by atoms with Crippen LogP contribution in [0, 0.1) is 0 Å². The molecule has 2 unspecified atom stereocenters. The van der Waals surface area contributed by atoms with E-state index in [2.05, 4.69) is 0 Å². The highest BCUT2D eigenvalue weighted by Crippen LogP contribution is 2.14. The van der Waals surface area contributed by atoms with Gasteiger partial charge in [0.25, 0.3) is 0 Å². The molecule has 0 spiro atoms. The van der Waals surface area contributed by atoms with Gasteiger partial charge >= 0.3 is 0 Å². The van der Waals surface area contributed by atoms with Crippen molar-refractivity contribution in [1.29, 1.82) is 0 Å². The van der Waals surface area contributed by atoms with Crippen LogP contribution in [-0.4, -0.2) is 122 Å². The lowest BCUT2D eigenvalue weighted by Crippen LogP contribution is -2.39. The Hall–Kier alpha value is -2.58. The number of fused-ring (bicyclic) bond motifs is 2. The molecule has 0 radical (unpaired) electrons. The van der Waals surface area contributed by atoms with Crippen molar-refractivity contribution >= 4 is 52.9 Å². The van der Waals surface area contributed by atoms with E-state index in [0.717, 1.165) is 23.1 Å². The zero-order valence-electron chi connectivity index (χ0n) is 22.7. The molecule has 2 aromatic rings. The maximum Gasteiger partial charge on any atom is 0.171 e. The first-order chi connectivity index (χ1) is 19.8. The largest absolute Gasteiger partial charge is 0.748 e. The van der Waals surface area contributed by atoms with Gasteiger partial charge in [-0.3, -0.25) is 0 Å². The van der Waals surface area contributed by atoms with Crippen molar-refractivity contribution in [1.82, 2.24) is 0 Å². The Bertz CT molecular complexity index is 1820. The van der Waals surface area contributed by atoms with E-state index >= 15 is 0 Å². The monoisotopic (exact) mass is 694 g/mol. The first kappa shape index (κ1) is 37.6. The Morgan fingerprint density at radius 3 is 1.48 bits per heavy atom. The Morgan fingerprint density at radius 1 is 0.614 bits per heavy atom. The number of nitrogens with zero attached hydrogens (tertiary/aromatic N) is 2. The molecule has 2 aliphatic rings. The molecule has 0 saturated heterocycles. The van der Waals surface area contributed by atoms with Crippen LogP contribution >= 0.6 is 0 Å². The molecule has 4 rings (SSSR count). The van der Waals surface area contributed by atoms with Crippen molar-refractivity contribution in [3.8, 4) is 0 Å². The molecule has 2 heterocycles. The van der Waals surface area contributed by atoms with E-state index in [-0.39, 0.29) is 26.9 Å². The van der Waals surface area contributed by atoms with E-state index in [0.29, 0.717) is 19.5 Å². The highest BCUT2D eigenvalue weighted by molar-refractivity contribution is 7.90. The summed E-state index contributed by atoms with van der Waals surface area (Å²) in [4.78, 5) is 0. The van der Waals surface area contributed by atoms with E-state index in [9.17, 15) is 51.9 Å². The maximum absolute atomic E-state index is 11.1. The minimum Gasteiger partial charge on any atom is -0.748 e. The molecule has 2 aliphatic heterocycles. The van der Waals surface area contributed by atoms with Gasteiger partial charge in [0.2, 0.25) is 0 Å². The predicted octanol–water partition coefficient (Wildman–Crippen LogP) is -0.708. The first-order valence-electron chi connectivity index (χ1n) is 12.9. The van der Waals surface area contributed by atoms with Crippen LogP contribution in [0.4, 0.5) is 0 Å². The maximum atomic E-state index is 11.1. The zero-order chi connectivity index (χ0) is 32.1. The molecule has 0 aromatic heterocycles. The summed E-state index contributed by atoms with van der Waals surface area (Å²) in [5, 5.41) is -3.47. The van der Waals surface area contributed by atoms with Crippen LogP contribution < -0.4 is 0 Å². The summed E-state index contributed by atoms with van der Waals surface area (Å²) in [6.07, 6.45) is 4.77. The van der Waals surface area contributed by atoms with Crippen LogP contribution in [0.2, 0.25) is 0 Å². The molecular weight excluding hydrogens is 661 g/mol. The van der Waals surface area contributed by atoms with Gasteiger partial charge in [0.1, 0.15) is 35.0 Å². The summed E-state index contributed by atoms with van der Waals surface area (Å²) in [5.41, 5.74) is 4.16. The topological polar surface area (TPSA) is 235 Å². The van der Waals surface area contributed by atoms with Crippen molar-refractivity contribution in [2.75, 3.05) is 37.7 Å². The molecule has 0 aliphatic carbocycles. The Kier molecular flexibility index (Phi) is 12.9. The second-order valence-corrected chi connectivity index (χ2v) is 16.4. The van der Waals surface area contributed by atoms with Gasteiger partial charge in [-0.2, -0.15) is 0 Å². The molecule has 44 heavy (non-hydrogen) atoms. The zero-order valence-corrected chi connectivity index (χ0v) is 26.0. The molecular formula is C26H34N2O12S4-2. The molecule has 246 valence electrons. The van der Waals surface area contributed by atoms with Gasteiger partial charge in [-0.25, -0.2) is 42.8 Å². The van der Waals surface area contributed by atoms with Crippen LogP contribution in [0.15, 0.2) is 48.5 Å². The normalized spacial score (nSPS) is 16.5. The molecule has 18 heteroatoms. The quantitative estimate of drug-likeness (QED) is 0.210. The number of rotatable bonds is 11. The summed E-state index contributed by atoms with van der Waals surface area (Å²) in [6, 6.07) is 15.2. The molecule has 0 N–H and O–H groups in total. The van der Waals surface area contributed by atoms with Gasteiger partial charge in [-0.15, -0.1) is 0 Å². The molecule has 2 atom stereocenters. The van der Waals surface area contributed by atoms with Gasteiger partial charge in [-0.1, -0.05) is 43.8 Å². The first-order valence-corrected chi connectivity index (χ1v) is 19.0. The van der Waals surface area contributed by atoms with Crippen molar-refractivity contribution in [2.45, 2.75) is 37.2 Å². The van der Waals surface area contributed by atoms with Gasteiger partial charge in [0, 0.05) is 30.4 Å². The van der Waals surface area contributed by atoms with Crippen LogP contribution in [0.1, 0.15) is 36.1 Å². The summed E-state index contributed by atoms with van der Waals surface area (Å²) < 4.78 is 134. The number of hydrogen-bond acceptors (Lipinski definition) is 12. The Morgan fingerprint density at radius 2 is 1.02 bits per heavy atom. The van der Waals surface area contributed by atoms with Crippen molar-refractivity contribution in [2.24, 2.45) is 0 Å². The lowest BCUT2D eigenvalue weighted by atomic mass is 10.0. The van der Waals surface area contributed by atoms with Crippen LogP contribution in [0.3, 0.4) is 0 Å². The third kappa shape index (κ3) is 12.4. The molecule has 2 aromatic carbocycles. The third-order valence-corrected chi connectivity index (χ3v) is 11.3. The minimum atomic E-state index is -4.87. The highest BCUT2D eigenvalue weighted by Gasteiger charge is 2.27. The third-order valence-electron chi connectivity index (χ3n) is 6.86. The average Bonchev–Trinajstić information content (AvgIpc) is 2.88. The molecule has 0 amide bonds. The average molecular weight is 695 g/mol. The molecule has 14 nitrogen and oxygen atoms in total. The van der Waals surface area contributed by atoms with Crippen LogP contribution in [-0.2, 0) is 53.3 Å². The lowest BCUT2D eigenvalue weighted by molar-refractivity contribution is -0.524. The SMILES string of the molecule is C.O=S(=O)([O-])CC(CC[N+]1=Cc2ccccc2CC1)S(=O)(=O)[O-].O=S(=O)([O-])CC(C[N+]1=Cc2ccccc2CC1)S(=O)(=O)[O-].